The number of benzene rings is 1. The van der Waals surface area contributed by atoms with Gasteiger partial charge in [-0.1, -0.05) is 23.7 Å². The minimum absolute atomic E-state index is 0.151. The molecular formula is C17H13ClN2O4. The maximum atomic E-state index is 12.7. The first-order valence-electron chi connectivity index (χ1n) is 7.11. The molecule has 1 N–H and O–H groups in total. The van der Waals surface area contributed by atoms with Crippen LogP contribution < -0.4 is 11.0 Å². The fourth-order valence-corrected chi connectivity index (χ4v) is 2.76. The third-order valence-corrected chi connectivity index (χ3v) is 3.91. The van der Waals surface area contributed by atoms with Gasteiger partial charge in [-0.05, 0) is 17.7 Å². The highest BCUT2D eigenvalue weighted by atomic mass is 35.5. The third kappa shape index (κ3) is 2.72. The number of fused-ring (bicyclic) bond motifs is 1. The highest BCUT2D eigenvalue weighted by Gasteiger charge is 2.16. The molecule has 2 heterocycles. The Morgan fingerprint density at radius 2 is 2.00 bits per heavy atom. The zero-order valence-electron chi connectivity index (χ0n) is 12.7. The summed E-state index contributed by atoms with van der Waals surface area (Å²) in [6, 6.07) is 8.05. The molecular weight excluding hydrogens is 332 g/mol. The van der Waals surface area contributed by atoms with Crippen LogP contribution in [0.3, 0.4) is 0 Å². The number of pyridine rings is 1. The van der Waals surface area contributed by atoms with Crippen molar-refractivity contribution in [1.82, 2.24) is 8.97 Å². The second-order valence-electron chi connectivity index (χ2n) is 5.38. The highest BCUT2D eigenvalue weighted by molar-refractivity contribution is 6.30. The predicted molar refractivity (Wildman–Crippen MR) is 90.2 cm³/mol. The van der Waals surface area contributed by atoms with E-state index < -0.39 is 16.7 Å². The van der Waals surface area contributed by atoms with Crippen molar-refractivity contribution in [3.63, 3.8) is 0 Å². The number of rotatable bonds is 3. The van der Waals surface area contributed by atoms with Crippen LogP contribution in [0.15, 0.2) is 52.3 Å². The molecule has 7 heteroatoms. The Hall–Kier alpha value is -2.86. The first-order valence-corrected chi connectivity index (χ1v) is 7.49. The fraction of sp³-hybridized carbons (Fsp3) is 0.118. The van der Waals surface area contributed by atoms with Crippen molar-refractivity contribution in [2.24, 2.45) is 0 Å². The van der Waals surface area contributed by atoms with Crippen molar-refractivity contribution in [2.75, 3.05) is 0 Å². The molecule has 0 amide bonds. The molecule has 0 aliphatic rings. The monoisotopic (exact) mass is 344 g/mol. The first-order chi connectivity index (χ1) is 11.4. The molecule has 6 nitrogen and oxygen atoms in total. The quantitative estimate of drug-likeness (QED) is 0.737. The van der Waals surface area contributed by atoms with Gasteiger partial charge in [0.15, 0.2) is 17.0 Å². The Kier molecular flexibility index (Phi) is 3.99. The normalized spacial score (nSPS) is 10.9. The van der Waals surface area contributed by atoms with Gasteiger partial charge in [0.05, 0.1) is 6.54 Å². The largest absolute Gasteiger partial charge is 0.503 e. The molecule has 1 aromatic carbocycles. The smallest absolute Gasteiger partial charge is 0.279 e. The lowest BCUT2D eigenvalue weighted by atomic mass is 10.2. The molecule has 0 saturated carbocycles. The molecule has 0 aliphatic heterocycles. The molecule has 0 unspecified atom stereocenters. The van der Waals surface area contributed by atoms with Crippen LogP contribution in [-0.2, 0) is 6.54 Å². The van der Waals surface area contributed by atoms with Crippen LogP contribution in [-0.4, -0.2) is 19.9 Å². The maximum Gasteiger partial charge on any atom is 0.279 e. The van der Waals surface area contributed by atoms with Crippen molar-refractivity contribution < 1.29 is 9.90 Å². The summed E-state index contributed by atoms with van der Waals surface area (Å²) < 4.78 is 2.51. The molecule has 0 spiro atoms. The first kappa shape index (κ1) is 16.0. The minimum Gasteiger partial charge on any atom is -0.503 e. The Labute approximate surface area is 141 Å². The average molecular weight is 345 g/mol. The summed E-state index contributed by atoms with van der Waals surface area (Å²) in [5, 5.41) is 10.5. The lowest BCUT2D eigenvalue weighted by Gasteiger charge is -2.13. The van der Waals surface area contributed by atoms with E-state index >= 15 is 0 Å². The third-order valence-electron chi connectivity index (χ3n) is 3.68. The zero-order chi connectivity index (χ0) is 17.4. The lowest BCUT2D eigenvalue weighted by Crippen LogP contribution is -2.27. The Morgan fingerprint density at radius 1 is 1.25 bits per heavy atom. The number of hydrogen-bond donors (Lipinski definition) is 1. The molecule has 0 atom stereocenters. The number of carbonyl (C=O) groups is 1. The SMILES string of the molecule is CC(=O)c1cn(Cc2cccc(Cl)c2)c(=O)c2c(O)c(=O)ccn12. The lowest BCUT2D eigenvalue weighted by molar-refractivity contribution is 0.101. The summed E-state index contributed by atoms with van der Waals surface area (Å²) in [6.45, 7) is 1.50. The van der Waals surface area contributed by atoms with Crippen LogP contribution >= 0.6 is 11.6 Å². The van der Waals surface area contributed by atoms with E-state index in [1.807, 2.05) is 0 Å². The van der Waals surface area contributed by atoms with E-state index in [1.165, 1.54) is 28.3 Å². The summed E-state index contributed by atoms with van der Waals surface area (Å²) in [4.78, 5) is 36.2. The van der Waals surface area contributed by atoms with Gasteiger partial charge in [-0.2, -0.15) is 0 Å². The maximum absolute atomic E-state index is 12.7. The molecule has 24 heavy (non-hydrogen) atoms. The van der Waals surface area contributed by atoms with Crippen molar-refractivity contribution in [3.05, 3.63) is 79.6 Å². The number of carbonyl (C=O) groups excluding carboxylic acids is 1. The van der Waals surface area contributed by atoms with Gasteiger partial charge in [-0.3, -0.25) is 14.4 Å². The van der Waals surface area contributed by atoms with E-state index in [9.17, 15) is 19.5 Å². The fourth-order valence-electron chi connectivity index (χ4n) is 2.55. The summed E-state index contributed by atoms with van der Waals surface area (Å²) in [5.74, 6) is -0.978. The van der Waals surface area contributed by atoms with Gasteiger partial charge >= 0.3 is 0 Å². The number of halogens is 1. The topological polar surface area (TPSA) is 80.8 Å². The zero-order valence-corrected chi connectivity index (χ0v) is 13.4. The van der Waals surface area contributed by atoms with Gasteiger partial charge in [0.25, 0.3) is 5.56 Å². The molecule has 0 bridgehead atoms. The van der Waals surface area contributed by atoms with Crippen LogP contribution in [0.4, 0.5) is 0 Å². The predicted octanol–water partition coefficient (Wildman–Crippen LogP) is 2.07. The minimum atomic E-state index is -0.679. The molecule has 2 aromatic heterocycles. The van der Waals surface area contributed by atoms with Crippen LogP contribution in [0.2, 0.25) is 5.02 Å². The second kappa shape index (κ2) is 5.98. The Morgan fingerprint density at radius 3 is 2.67 bits per heavy atom. The van der Waals surface area contributed by atoms with Gasteiger partial charge in [0.1, 0.15) is 5.69 Å². The molecule has 122 valence electrons. The second-order valence-corrected chi connectivity index (χ2v) is 5.82. The number of ketones is 1. The van der Waals surface area contributed by atoms with Crippen LogP contribution in [0.5, 0.6) is 5.75 Å². The summed E-state index contributed by atoms with van der Waals surface area (Å²) in [5.41, 5.74) is -0.544. The van der Waals surface area contributed by atoms with Crippen LogP contribution in [0.25, 0.3) is 5.52 Å². The van der Waals surface area contributed by atoms with Gasteiger partial charge in [0.2, 0.25) is 5.43 Å². The highest BCUT2D eigenvalue weighted by Crippen LogP contribution is 2.14. The van der Waals surface area contributed by atoms with Gasteiger partial charge in [0, 0.05) is 30.4 Å². The van der Waals surface area contributed by atoms with Crippen molar-refractivity contribution >= 4 is 22.9 Å². The van der Waals surface area contributed by atoms with Gasteiger partial charge < -0.3 is 14.1 Å². The Bertz CT molecular complexity index is 1080. The number of aromatic hydroxyl groups is 1. The summed E-state index contributed by atoms with van der Waals surface area (Å²) in [6.07, 6.45) is 2.71. The van der Waals surface area contributed by atoms with E-state index in [0.717, 1.165) is 11.6 Å². The van der Waals surface area contributed by atoms with Gasteiger partial charge in [-0.15, -0.1) is 0 Å². The average Bonchev–Trinajstić information content (AvgIpc) is 2.53. The number of Topliss-reactive ketones (excluding diaryl/α,β-unsaturated/α-hetero) is 1. The van der Waals surface area contributed by atoms with Crippen molar-refractivity contribution in [2.45, 2.75) is 13.5 Å². The van der Waals surface area contributed by atoms with Crippen molar-refractivity contribution in [1.29, 1.82) is 0 Å². The number of hydrogen-bond acceptors (Lipinski definition) is 4. The molecule has 0 aliphatic carbocycles. The van der Waals surface area contributed by atoms with Gasteiger partial charge in [-0.25, -0.2) is 0 Å². The van der Waals surface area contributed by atoms with E-state index in [4.69, 9.17) is 11.6 Å². The number of nitrogens with zero attached hydrogens (tertiary/aromatic N) is 2. The molecule has 0 radical (unpaired) electrons. The molecule has 0 fully saturated rings. The molecule has 3 aromatic rings. The van der Waals surface area contributed by atoms with E-state index in [2.05, 4.69) is 0 Å². The Balaban J connectivity index is 2.31. The summed E-state index contributed by atoms with van der Waals surface area (Å²) in [7, 11) is 0. The van der Waals surface area contributed by atoms with Crippen LogP contribution in [0.1, 0.15) is 23.0 Å². The van der Waals surface area contributed by atoms with E-state index in [0.29, 0.717) is 5.02 Å². The van der Waals surface area contributed by atoms with E-state index in [-0.39, 0.29) is 23.5 Å². The standard InChI is InChI=1S/C17H13ClN2O4/c1-10(21)13-9-19(8-11-3-2-4-12(18)7-11)17(24)15-16(23)14(22)5-6-20(13)15/h2-7,9,23H,8H2,1H3. The number of aromatic nitrogens is 2. The van der Waals surface area contributed by atoms with E-state index in [1.54, 1.807) is 24.3 Å². The summed E-state index contributed by atoms with van der Waals surface area (Å²) >= 11 is 5.95. The molecule has 0 saturated heterocycles. The molecule has 3 rings (SSSR count). The van der Waals surface area contributed by atoms with Crippen LogP contribution in [0, 0.1) is 0 Å². The van der Waals surface area contributed by atoms with Crippen molar-refractivity contribution in [3.8, 4) is 5.75 Å².